The average molecular weight is 367 g/mol. The van der Waals surface area contributed by atoms with Crippen LogP contribution in [0.5, 0.6) is 0 Å². The molecule has 0 amide bonds. The predicted molar refractivity (Wildman–Crippen MR) is 69.0 cm³/mol. The van der Waals surface area contributed by atoms with Crippen molar-refractivity contribution < 1.29 is 27.1 Å². The van der Waals surface area contributed by atoms with E-state index >= 15 is 0 Å². The van der Waals surface area contributed by atoms with Gasteiger partial charge in [-0.2, -0.15) is 0 Å². The second-order valence-electron chi connectivity index (χ2n) is 4.50. The molecule has 1 unspecified atom stereocenters. The zero-order valence-electron chi connectivity index (χ0n) is 10.5. The van der Waals surface area contributed by atoms with Crippen molar-refractivity contribution in [2.75, 3.05) is 0 Å². The Morgan fingerprint density at radius 1 is 0.857 bits per heavy atom. The molecule has 1 atom stereocenters. The summed E-state index contributed by atoms with van der Waals surface area (Å²) in [6.45, 7) is 0.950. The van der Waals surface area contributed by atoms with Crippen molar-refractivity contribution in [1.82, 2.24) is 0 Å². The zero-order valence-corrected chi connectivity index (χ0v) is 12.1. The van der Waals surface area contributed by atoms with Gasteiger partial charge in [-0.25, -0.2) is 22.0 Å². The monoisotopic (exact) mass is 366 g/mol. The van der Waals surface area contributed by atoms with Crippen LogP contribution in [0.3, 0.4) is 0 Å². The minimum absolute atomic E-state index is 0.0341. The van der Waals surface area contributed by atoms with Gasteiger partial charge < -0.3 is 5.11 Å². The van der Waals surface area contributed by atoms with Gasteiger partial charge in [0.1, 0.15) is 5.60 Å². The molecule has 0 radical (unpaired) electrons. The van der Waals surface area contributed by atoms with Crippen molar-refractivity contribution in [3.63, 3.8) is 0 Å². The number of hydrogen-bond acceptors (Lipinski definition) is 1. The van der Waals surface area contributed by atoms with E-state index in [-0.39, 0.29) is 10.0 Å². The Hall–Kier alpha value is -1.47. The number of aliphatic hydroxyl groups is 1. The molecule has 0 saturated carbocycles. The molecule has 0 aromatic heterocycles. The van der Waals surface area contributed by atoms with Crippen LogP contribution < -0.4 is 0 Å². The molecule has 0 aliphatic carbocycles. The summed E-state index contributed by atoms with van der Waals surface area (Å²) in [5.41, 5.74) is -3.75. The van der Waals surface area contributed by atoms with E-state index in [9.17, 15) is 27.1 Å². The minimum atomic E-state index is -2.41. The fraction of sp³-hybridized carbons (Fsp3) is 0.143. The van der Waals surface area contributed by atoms with Crippen LogP contribution in [0.15, 0.2) is 28.7 Å². The largest absolute Gasteiger partial charge is 0.380 e. The minimum Gasteiger partial charge on any atom is -0.380 e. The quantitative estimate of drug-likeness (QED) is 0.474. The van der Waals surface area contributed by atoms with Gasteiger partial charge in [0.05, 0.1) is 5.56 Å². The van der Waals surface area contributed by atoms with Gasteiger partial charge in [0, 0.05) is 10.0 Å². The molecule has 0 aliphatic rings. The van der Waals surface area contributed by atoms with Gasteiger partial charge >= 0.3 is 0 Å². The maximum atomic E-state index is 13.8. The summed E-state index contributed by atoms with van der Waals surface area (Å²) in [5, 5.41) is 10.4. The molecule has 1 nitrogen and oxygen atoms in total. The molecule has 0 fully saturated rings. The number of halogens is 6. The highest BCUT2D eigenvalue weighted by Crippen LogP contribution is 2.38. The molecule has 2 aromatic rings. The third kappa shape index (κ3) is 2.44. The third-order valence-electron chi connectivity index (χ3n) is 3.09. The topological polar surface area (TPSA) is 20.2 Å². The Morgan fingerprint density at radius 2 is 1.29 bits per heavy atom. The Morgan fingerprint density at radius 3 is 1.76 bits per heavy atom. The standard InChI is InChI=1S/C14H8BrF5O/c1-14(21,6-4-2-3-5-7(6)15)8-9(16)11(18)13(20)12(19)10(8)17/h2-5,21H,1H3. The highest BCUT2D eigenvalue weighted by atomic mass is 79.9. The molecule has 21 heavy (non-hydrogen) atoms. The van der Waals surface area contributed by atoms with Crippen LogP contribution in [0, 0.1) is 29.1 Å². The Balaban J connectivity index is 2.80. The summed E-state index contributed by atoms with van der Waals surface area (Å²) in [7, 11) is 0. The smallest absolute Gasteiger partial charge is 0.200 e. The molecule has 1 N–H and O–H groups in total. The Labute approximate surface area is 125 Å². The van der Waals surface area contributed by atoms with E-state index in [1.54, 1.807) is 6.07 Å². The molecule has 2 rings (SSSR count). The number of benzene rings is 2. The van der Waals surface area contributed by atoms with Gasteiger partial charge in [-0.3, -0.25) is 0 Å². The van der Waals surface area contributed by atoms with E-state index in [1.807, 2.05) is 0 Å². The van der Waals surface area contributed by atoms with Crippen molar-refractivity contribution in [2.45, 2.75) is 12.5 Å². The molecular weight excluding hydrogens is 359 g/mol. The molecule has 0 aliphatic heterocycles. The van der Waals surface area contributed by atoms with Crippen LogP contribution in [0.4, 0.5) is 22.0 Å². The predicted octanol–water partition coefficient (Wildman–Crippen LogP) is 4.40. The highest BCUT2D eigenvalue weighted by molar-refractivity contribution is 9.10. The van der Waals surface area contributed by atoms with Crippen molar-refractivity contribution in [2.24, 2.45) is 0 Å². The lowest BCUT2D eigenvalue weighted by Gasteiger charge is -2.27. The lowest BCUT2D eigenvalue weighted by atomic mass is 9.87. The van der Waals surface area contributed by atoms with Crippen molar-refractivity contribution in [1.29, 1.82) is 0 Å². The first-order chi connectivity index (χ1) is 9.69. The number of rotatable bonds is 2. The molecule has 7 heteroatoms. The molecule has 0 saturated heterocycles. The lowest BCUT2D eigenvalue weighted by Crippen LogP contribution is -2.28. The third-order valence-corrected chi connectivity index (χ3v) is 3.79. The van der Waals surface area contributed by atoms with Crippen LogP contribution in [0.1, 0.15) is 18.1 Å². The van der Waals surface area contributed by atoms with Gasteiger partial charge in [0.2, 0.25) is 5.82 Å². The Bertz CT molecular complexity index is 686. The zero-order chi connectivity index (χ0) is 15.9. The summed E-state index contributed by atoms with van der Waals surface area (Å²) >= 11 is 3.06. The first-order valence-electron chi connectivity index (χ1n) is 5.68. The fourth-order valence-electron chi connectivity index (χ4n) is 2.02. The van der Waals surface area contributed by atoms with Crippen LogP contribution in [0.2, 0.25) is 0 Å². The van der Waals surface area contributed by atoms with Crippen molar-refractivity contribution in [3.05, 3.63) is 69.0 Å². The summed E-state index contributed by atoms with van der Waals surface area (Å²) in [5.74, 6) is -10.6. The average Bonchev–Trinajstić information content (AvgIpc) is 2.43. The van der Waals surface area contributed by atoms with Crippen molar-refractivity contribution >= 4 is 15.9 Å². The first-order valence-corrected chi connectivity index (χ1v) is 6.48. The summed E-state index contributed by atoms with van der Waals surface area (Å²) in [6, 6.07) is 5.81. The van der Waals surface area contributed by atoms with E-state index < -0.39 is 40.3 Å². The van der Waals surface area contributed by atoms with Gasteiger partial charge in [-0.1, -0.05) is 34.1 Å². The van der Waals surface area contributed by atoms with Gasteiger partial charge in [-0.15, -0.1) is 0 Å². The Kier molecular flexibility index (Phi) is 4.08. The normalized spacial score (nSPS) is 14.1. The molecule has 112 valence electrons. The van der Waals surface area contributed by atoms with Crippen LogP contribution in [-0.2, 0) is 5.60 Å². The van der Waals surface area contributed by atoms with Gasteiger partial charge in [-0.05, 0) is 13.0 Å². The maximum absolute atomic E-state index is 13.8. The molecular formula is C14H8BrF5O. The first kappa shape index (κ1) is 15.9. The van der Waals surface area contributed by atoms with E-state index in [4.69, 9.17) is 0 Å². The van der Waals surface area contributed by atoms with E-state index in [0.29, 0.717) is 0 Å². The lowest BCUT2D eigenvalue weighted by molar-refractivity contribution is 0.0896. The number of hydrogen-bond donors (Lipinski definition) is 1. The second-order valence-corrected chi connectivity index (χ2v) is 5.35. The molecule has 0 heterocycles. The highest BCUT2D eigenvalue weighted by Gasteiger charge is 2.38. The summed E-state index contributed by atoms with van der Waals surface area (Å²) in [6.07, 6.45) is 0. The maximum Gasteiger partial charge on any atom is 0.200 e. The SMILES string of the molecule is CC(O)(c1ccccc1Br)c1c(F)c(F)c(F)c(F)c1F. The van der Waals surface area contributed by atoms with Crippen LogP contribution in [0.25, 0.3) is 0 Å². The van der Waals surface area contributed by atoms with Crippen LogP contribution in [-0.4, -0.2) is 5.11 Å². The summed E-state index contributed by atoms with van der Waals surface area (Å²) < 4.78 is 67.5. The fourth-order valence-corrected chi connectivity index (χ4v) is 2.69. The van der Waals surface area contributed by atoms with E-state index in [1.165, 1.54) is 18.2 Å². The van der Waals surface area contributed by atoms with Gasteiger partial charge in [0.25, 0.3) is 0 Å². The van der Waals surface area contributed by atoms with Gasteiger partial charge in [0.15, 0.2) is 23.3 Å². The van der Waals surface area contributed by atoms with Crippen LogP contribution >= 0.6 is 15.9 Å². The second kappa shape index (κ2) is 5.38. The van der Waals surface area contributed by atoms with E-state index in [0.717, 1.165) is 6.92 Å². The summed E-state index contributed by atoms with van der Waals surface area (Å²) in [4.78, 5) is 0. The molecule has 0 bridgehead atoms. The van der Waals surface area contributed by atoms with Crippen molar-refractivity contribution in [3.8, 4) is 0 Å². The molecule has 0 spiro atoms. The molecule has 2 aromatic carbocycles. The van der Waals surface area contributed by atoms with E-state index in [2.05, 4.69) is 15.9 Å².